The molecule has 0 unspecified atom stereocenters. The number of rotatable bonds is 7. The summed E-state index contributed by atoms with van der Waals surface area (Å²) in [5.74, 6) is 1.70. The van der Waals surface area contributed by atoms with Gasteiger partial charge in [-0.25, -0.2) is 0 Å². The van der Waals surface area contributed by atoms with E-state index in [1.165, 1.54) is 29.4 Å². The minimum atomic E-state index is 0.108. The van der Waals surface area contributed by atoms with Crippen LogP contribution in [-0.4, -0.2) is 37.6 Å². The van der Waals surface area contributed by atoms with Gasteiger partial charge in [0.1, 0.15) is 0 Å². The van der Waals surface area contributed by atoms with Crippen LogP contribution in [0.3, 0.4) is 0 Å². The fraction of sp³-hybridized carbons (Fsp3) is 1.00. The molecule has 0 bridgehead atoms. The first-order valence-electron chi connectivity index (χ1n) is 5.78. The predicted molar refractivity (Wildman–Crippen MR) is 69.3 cm³/mol. The zero-order chi connectivity index (χ0) is 10.3. The Morgan fingerprint density at radius 1 is 1.08 bits per heavy atom. The van der Waals surface area contributed by atoms with Crippen LogP contribution in [0.5, 0.6) is 0 Å². The number of hydrogen-bond donors (Lipinski definition) is 0. The van der Waals surface area contributed by atoms with Crippen LogP contribution in [0.15, 0.2) is 0 Å². The van der Waals surface area contributed by atoms with Crippen molar-refractivity contribution in [2.75, 3.05) is 13.1 Å². The van der Waals surface area contributed by atoms with Crippen molar-refractivity contribution in [1.29, 1.82) is 0 Å². The van der Waals surface area contributed by atoms with Crippen LogP contribution in [0.2, 0.25) is 12.1 Å². The molecule has 0 saturated carbocycles. The Hall–Kier alpha value is 0.394. The Balaban J connectivity index is 3.73. The average molecular weight is 218 g/mol. The summed E-state index contributed by atoms with van der Waals surface area (Å²) in [5, 5.41) is 0. The van der Waals surface area contributed by atoms with Gasteiger partial charge in [0.15, 0.2) is 0 Å². The van der Waals surface area contributed by atoms with Crippen LogP contribution < -0.4 is 0 Å². The highest BCUT2D eigenvalue weighted by Crippen LogP contribution is 2.03. The largest absolute Gasteiger partial charge is 0.329 e. The summed E-state index contributed by atoms with van der Waals surface area (Å²) < 4.78 is 2.77. The van der Waals surface area contributed by atoms with Crippen molar-refractivity contribution in [1.82, 2.24) is 4.57 Å². The van der Waals surface area contributed by atoms with E-state index in [0.29, 0.717) is 0 Å². The van der Waals surface area contributed by atoms with Gasteiger partial charge in [0.05, 0.1) is 9.68 Å². The molecule has 0 radical (unpaired) electrons. The molecule has 0 aliphatic rings. The standard InChI is InChI=1S/C10H27NSi2/c1-9(2)7-11(8-10(3)4)13-6-5-12/h9-10H,5-8,13H2,1-4,12H3. The van der Waals surface area contributed by atoms with Crippen molar-refractivity contribution in [3.05, 3.63) is 0 Å². The Labute approximate surface area is 89.6 Å². The third kappa shape index (κ3) is 8.72. The lowest BCUT2D eigenvalue weighted by Crippen LogP contribution is -2.34. The maximum Gasteiger partial charge on any atom is 0.0947 e. The predicted octanol–water partition coefficient (Wildman–Crippen LogP) is 0.886. The van der Waals surface area contributed by atoms with E-state index in [-0.39, 0.29) is 9.68 Å². The maximum atomic E-state index is 2.77. The molecule has 0 atom stereocenters. The normalized spacial score (nSPS) is 13.2. The Morgan fingerprint density at radius 2 is 1.54 bits per heavy atom. The summed E-state index contributed by atoms with van der Waals surface area (Å²) in [4.78, 5) is 0. The van der Waals surface area contributed by atoms with Crippen molar-refractivity contribution < 1.29 is 0 Å². The molecule has 3 heteroatoms. The van der Waals surface area contributed by atoms with Crippen LogP contribution >= 0.6 is 0 Å². The van der Waals surface area contributed by atoms with Gasteiger partial charge < -0.3 is 4.57 Å². The first kappa shape index (κ1) is 13.4. The van der Waals surface area contributed by atoms with E-state index in [4.69, 9.17) is 0 Å². The molecule has 80 valence electrons. The van der Waals surface area contributed by atoms with Crippen molar-refractivity contribution in [2.24, 2.45) is 11.8 Å². The van der Waals surface area contributed by atoms with Gasteiger partial charge in [0.25, 0.3) is 0 Å². The zero-order valence-corrected chi connectivity index (χ0v) is 13.6. The molecule has 0 aliphatic carbocycles. The fourth-order valence-corrected chi connectivity index (χ4v) is 4.78. The van der Waals surface area contributed by atoms with E-state index in [1.807, 2.05) is 0 Å². The minimum Gasteiger partial charge on any atom is -0.329 e. The SMILES string of the molecule is CC(C)CN(CC(C)C)[SiH2]CC[SiH3]. The van der Waals surface area contributed by atoms with Crippen LogP contribution in [0.1, 0.15) is 27.7 Å². The molecule has 0 aromatic carbocycles. The lowest BCUT2D eigenvalue weighted by atomic mass is 10.2. The van der Waals surface area contributed by atoms with E-state index in [2.05, 4.69) is 32.3 Å². The minimum absolute atomic E-state index is 0.108. The molecule has 1 nitrogen and oxygen atoms in total. The molecule has 0 aliphatic heterocycles. The Morgan fingerprint density at radius 3 is 1.85 bits per heavy atom. The summed E-state index contributed by atoms with van der Waals surface area (Å²) in [6, 6.07) is 3.06. The molecule has 0 heterocycles. The summed E-state index contributed by atoms with van der Waals surface area (Å²) in [6.45, 7) is 12.0. The second kappa shape index (κ2) is 7.77. The van der Waals surface area contributed by atoms with Crippen molar-refractivity contribution >= 4 is 19.9 Å². The molecule has 0 rings (SSSR count). The summed E-state index contributed by atoms with van der Waals surface area (Å²) >= 11 is 0. The van der Waals surface area contributed by atoms with Gasteiger partial charge >= 0.3 is 0 Å². The van der Waals surface area contributed by atoms with E-state index < -0.39 is 0 Å². The van der Waals surface area contributed by atoms with Crippen LogP contribution in [0.4, 0.5) is 0 Å². The first-order chi connectivity index (χ1) is 6.06. The molecule has 0 aromatic rings. The highest BCUT2D eigenvalue weighted by molar-refractivity contribution is 6.33. The first-order valence-corrected chi connectivity index (χ1v) is 8.83. The lowest BCUT2D eigenvalue weighted by Gasteiger charge is -2.25. The molecular formula is C10H27NSi2. The molecular weight excluding hydrogens is 190 g/mol. The molecule has 0 saturated heterocycles. The fourth-order valence-electron chi connectivity index (χ4n) is 1.67. The summed E-state index contributed by atoms with van der Waals surface area (Å²) in [6.07, 6.45) is 0. The number of hydrogen-bond acceptors (Lipinski definition) is 1. The topological polar surface area (TPSA) is 3.24 Å². The van der Waals surface area contributed by atoms with Gasteiger partial charge in [-0.2, -0.15) is 0 Å². The van der Waals surface area contributed by atoms with Gasteiger partial charge in [-0.15, -0.1) is 0 Å². The molecule has 0 fully saturated rings. The third-order valence-corrected chi connectivity index (χ3v) is 6.37. The van der Waals surface area contributed by atoms with E-state index >= 15 is 0 Å². The van der Waals surface area contributed by atoms with Crippen molar-refractivity contribution in [3.63, 3.8) is 0 Å². The van der Waals surface area contributed by atoms with Gasteiger partial charge in [0, 0.05) is 10.2 Å². The van der Waals surface area contributed by atoms with E-state index in [0.717, 1.165) is 11.8 Å². The molecule has 0 amide bonds. The summed E-state index contributed by atoms with van der Waals surface area (Å²) in [7, 11) is 1.51. The zero-order valence-electron chi connectivity index (χ0n) is 10.1. The molecule has 13 heavy (non-hydrogen) atoms. The molecule has 0 N–H and O–H groups in total. The number of nitrogens with zero attached hydrogens (tertiary/aromatic N) is 1. The van der Waals surface area contributed by atoms with Gasteiger partial charge in [-0.05, 0) is 24.9 Å². The Kier molecular flexibility index (Phi) is 8.00. The van der Waals surface area contributed by atoms with Gasteiger partial charge in [0.2, 0.25) is 0 Å². The highest BCUT2D eigenvalue weighted by atomic mass is 28.2. The van der Waals surface area contributed by atoms with Crippen molar-refractivity contribution in [3.8, 4) is 0 Å². The Bertz CT molecular complexity index is 105. The average Bonchev–Trinajstić information content (AvgIpc) is 1.98. The maximum absolute atomic E-state index is 2.77. The highest BCUT2D eigenvalue weighted by Gasteiger charge is 2.08. The van der Waals surface area contributed by atoms with E-state index in [9.17, 15) is 0 Å². The van der Waals surface area contributed by atoms with Crippen LogP contribution in [-0.2, 0) is 0 Å². The van der Waals surface area contributed by atoms with Crippen LogP contribution in [0, 0.1) is 11.8 Å². The van der Waals surface area contributed by atoms with Crippen LogP contribution in [0.25, 0.3) is 0 Å². The quantitative estimate of drug-likeness (QED) is 0.573. The van der Waals surface area contributed by atoms with E-state index in [1.54, 1.807) is 6.04 Å². The third-order valence-electron chi connectivity index (χ3n) is 2.07. The summed E-state index contributed by atoms with van der Waals surface area (Å²) in [5.41, 5.74) is 0. The molecule has 0 spiro atoms. The second-order valence-corrected chi connectivity index (χ2v) is 7.95. The lowest BCUT2D eigenvalue weighted by molar-refractivity contribution is 0.345. The molecule has 0 aromatic heterocycles. The van der Waals surface area contributed by atoms with Gasteiger partial charge in [-0.3, -0.25) is 0 Å². The van der Waals surface area contributed by atoms with Gasteiger partial charge in [-0.1, -0.05) is 39.8 Å². The second-order valence-electron chi connectivity index (χ2n) is 4.90. The van der Waals surface area contributed by atoms with Crippen molar-refractivity contribution in [2.45, 2.75) is 39.8 Å². The smallest absolute Gasteiger partial charge is 0.0947 e. The monoisotopic (exact) mass is 217 g/mol.